The summed E-state index contributed by atoms with van der Waals surface area (Å²) >= 11 is 6.03. The highest BCUT2D eigenvalue weighted by Crippen LogP contribution is 2.29. The predicted molar refractivity (Wildman–Crippen MR) is 99.9 cm³/mol. The molecule has 1 aliphatic carbocycles. The van der Waals surface area contributed by atoms with Gasteiger partial charge in [-0.2, -0.15) is 0 Å². The highest BCUT2D eigenvalue weighted by atomic mass is 35.5. The summed E-state index contributed by atoms with van der Waals surface area (Å²) in [6, 6.07) is 5.55. The van der Waals surface area contributed by atoms with Crippen LogP contribution < -0.4 is 10.6 Å². The maximum atomic E-state index is 12.3. The van der Waals surface area contributed by atoms with E-state index in [0.717, 1.165) is 31.2 Å². The van der Waals surface area contributed by atoms with Crippen LogP contribution in [-0.4, -0.2) is 41.8 Å². The van der Waals surface area contributed by atoms with Crippen molar-refractivity contribution in [3.05, 3.63) is 28.8 Å². The van der Waals surface area contributed by atoms with Gasteiger partial charge in [-0.1, -0.05) is 30.5 Å². The first-order chi connectivity index (χ1) is 12.5. The average molecular weight is 378 g/mol. The zero-order valence-electron chi connectivity index (χ0n) is 14.9. The van der Waals surface area contributed by atoms with Crippen molar-refractivity contribution in [1.29, 1.82) is 0 Å². The molecule has 3 amide bonds. The van der Waals surface area contributed by atoms with Crippen LogP contribution >= 0.6 is 11.6 Å². The van der Waals surface area contributed by atoms with Crippen LogP contribution in [0.15, 0.2) is 18.2 Å². The van der Waals surface area contributed by atoms with Crippen LogP contribution in [0.4, 0.5) is 5.69 Å². The monoisotopic (exact) mass is 377 g/mol. The van der Waals surface area contributed by atoms with E-state index in [1.54, 1.807) is 18.2 Å². The van der Waals surface area contributed by atoms with Gasteiger partial charge >= 0.3 is 0 Å². The molecule has 7 heteroatoms. The molecular formula is C19H24ClN3O3. The topological polar surface area (TPSA) is 78.5 Å². The normalized spacial score (nSPS) is 20.5. The molecule has 6 nitrogen and oxygen atoms in total. The summed E-state index contributed by atoms with van der Waals surface area (Å²) in [5.41, 5.74) is 1.41. The Morgan fingerprint density at radius 2 is 2.00 bits per heavy atom. The molecule has 2 fully saturated rings. The van der Waals surface area contributed by atoms with E-state index in [2.05, 4.69) is 10.6 Å². The van der Waals surface area contributed by atoms with Gasteiger partial charge in [0.25, 0.3) is 0 Å². The van der Waals surface area contributed by atoms with Crippen LogP contribution in [0.2, 0.25) is 5.02 Å². The fourth-order valence-corrected chi connectivity index (χ4v) is 3.90. The second-order valence-electron chi connectivity index (χ2n) is 7.06. The van der Waals surface area contributed by atoms with E-state index < -0.39 is 0 Å². The summed E-state index contributed by atoms with van der Waals surface area (Å²) in [5.74, 6) is -0.877. The summed E-state index contributed by atoms with van der Waals surface area (Å²) in [5, 5.41) is 5.96. The number of carbonyl (C=O) groups is 3. The Balaban J connectivity index is 1.48. The molecule has 1 heterocycles. The van der Waals surface area contributed by atoms with Gasteiger partial charge in [0.15, 0.2) is 0 Å². The van der Waals surface area contributed by atoms with E-state index >= 15 is 0 Å². The van der Waals surface area contributed by atoms with E-state index in [4.69, 9.17) is 11.6 Å². The molecule has 1 saturated carbocycles. The molecule has 26 heavy (non-hydrogen) atoms. The van der Waals surface area contributed by atoms with Gasteiger partial charge in [0, 0.05) is 29.7 Å². The molecule has 0 bridgehead atoms. The number of hydrogen-bond donors (Lipinski definition) is 2. The molecule has 2 N–H and O–H groups in total. The van der Waals surface area contributed by atoms with Crippen molar-refractivity contribution in [3.8, 4) is 0 Å². The van der Waals surface area contributed by atoms with Crippen molar-refractivity contribution in [2.75, 3.05) is 18.4 Å². The maximum Gasteiger partial charge on any atom is 0.243 e. The van der Waals surface area contributed by atoms with Crippen molar-refractivity contribution in [2.45, 2.75) is 45.1 Å². The summed E-state index contributed by atoms with van der Waals surface area (Å²) < 4.78 is 0. The second-order valence-corrected chi connectivity index (χ2v) is 7.47. The van der Waals surface area contributed by atoms with Gasteiger partial charge in [-0.3, -0.25) is 14.4 Å². The van der Waals surface area contributed by atoms with Crippen molar-refractivity contribution >= 4 is 35.0 Å². The minimum Gasteiger partial charge on any atom is -0.347 e. The lowest BCUT2D eigenvalue weighted by molar-refractivity contribution is -0.130. The summed E-state index contributed by atoms with van der Waals surface area (Å²) in [7, 11) is 0. The van der Waals surface area contributed by atoms with Crippen LogP contribution in [0.3, 0.4) is 0 Å². The zero-order valence-corrected chi connectivity index (χ0v) is 15.6. The summed E-state index contributed by atoms with van der Waals surface area (Å²) in [6.07, 6.45) is 4.59. The Labute approximate surface area is 158 Å². The average Bonchev–Trinajstić information content (AvgIpc) is 3.26. The Morgan fingerprint density at radius 1 is 1.27 bits per heavy atom. The van der Waals surface area contributed by atoms with Crippen LogP contribution in [0.25, 0.3) is 0 Å². The van der Waals surface area contributed by atoms with Gasteiger partial charge < -0.3 is 15.5 Å². The van der Waals surface area contributed by atoms with Crippen LogP contribution in [0.5, 0.6) is 0 Å². The van der Waals surface area contributed by atoms with Crippen LogP contribution in [0, 0.1) is 12.8 Å². The Kier molecular flexibility index (Phi) is 5.81. The first kappa shape index (κ1) is 18.7. The first-order valence-corrected chi connectivity index (χ1v) is 9.45. The van der Waals surface area contributed by atoms with E-state index in [-0.39, 0.29) is 42.6 Å². The number of amides is 3. The molecule has 1 atom stereocenters. The lowest BCUT2D eigenvalue weighted by Crippen LogP contribution is -2.39. The molecule has 1 saturated heterocycles. The molecule has 3 rings (SSSR count). The number of nitrogens with zero attached hydrogens (tertiary/aromatic N) is 1. The number of hydrogen-bond acceptors (Lipinski definition) is 3. The molecule has 140 valence electrons. The first-order valence-electron chi connectivity index (χ1n) is 9.08. The summed E-state index contributed by atoms with van der Waals surface area (Å²) in [6.45, 7) is 2.15. The third-order valence-electron chi connectivity index (χ3n) is 5.26. The number of carbonyl (C=O) groups excluding carboxylic acids is 3. The molecule has 1 aliphatic heterocycles. The molecule has 0 spiro atoms. The van der Waals surface area contributed by atoms with Crippen LogP contribution in [0.1, 0.15) is 37.7 Å². The van der Waals surface area contributed by atoms with Crippen molar-refractivity contribution in [2.24, 2.45) is 5.92 Å². The SMILES string of the molecule is Cc1c(Cl)cccc1NC(=O)CNC(=O)C1CC(=O)N(C2CCCC2)C1. The predicted octanol–water partition coefficient (Wildman–Crippen LogP) is 2.49. The highest BCUT2D eigenvalue weighted by molar-refractivity contribution is 6.31. The van der Waals surface area contributed by atoms with E-state index in [0.29, 0.717) is 17.3 Å². The van der Waals surface area contributed by atoms with Crippen molar-refractivity contribution in [1.82, 2.24) is 10.2 Å². The van der Waals surface area contributed by atoms with E-state index in [1.807, 2.05) is 11.8 Å². The number of halogens is 1. The number of rotatable bonds is 5. The Morgan fingerprint density at radius 3 is 2.73 bits per heavy atom. The lowest BCUT2D eigenvalue weighted by Gasteiger charge is -2.23. The molecule has 2 aliphatic rings. The maximum absolute atomic E-state index is 12.3. The number of likely N-dealkylation sites (tertiary alicyclic amines) is 1. The van der Waals surface area contributed by atoms with Gasteiger partial charge in [-0.25, -0.2) is 0 Å². The minimum atomic E-state index is -0.371. The van der Waals surface area contributed by atoms with E-state index in [1.165, 1.54) is 0 Å². The van der Waals surface area contributed by atoms with Gasteiger partial charge in [0.05, 0.1) is 12.5 Å². The Bertz CT molecular complexity index is 716. The number of nitrogens with one attached hydrogen (secondary N) is 2. The van der Waals surface area contributed by atoms with E-state index in [9.17, 15) is 14.4 Å². The van der Waals surface area contributed by atoms with Gasteiger partial charge in [0.2, 0.25) is 17.7 Å². The molecule has 1 unspecified atom stereocenters. The molecule has 1 aromatic rings. The zero-order chi connectivity index (χ0) is 18.7. The van der Waals surface area contributed by atoms with Crippen molar-refractivity contribution < 1.29 is 14.4 Å². The fraction of sp³-hybridized carbons (Fsp3) is 0.526. The Hall–Kier alpha value is -2.08. The quantitative estimate of drug-likeness (QED) is 0.827. The van der Waals surface area contributed by atoms with Crippen molar-refractivity contribution in [3.63, 3.8) is 0 Å². The second kappa shape index (κ2) is 8.08. The molecule has 0 radical (unpaired) electrons. The third-order valence-corrected chi connectivity index (χ3v) is 5.67. The largest absolute Gasteiger partial charge is 0.347 e. The van der Waals surface area contributed by atoms with Gasteiger partial charge in [0.1, 0.15) is 0 Å². The minimum absolute atomic E-state index is 0.0519. The number of benzene rings is 1. The molecule has 1 aromatic carbocycles. The lowest BCUT2D eigenvalue weighted by atomic mass is 10.1. The fourth-order valence-electron chi connectivity index (χ4n) is 3.73. The summed E-state index contributed by atoms with van der Waals surface area (Å²) in [4.78, 5) is 38.5. The van der Waals surface area contributed by atoms with Gasteiger partial charge in [-0.05, 0) is 37.5 Å². The number of anilines is 1. The smallest absolute Gasteiger partial charge is 0.243 e. The highest BCUT2D eigenvalue weighted by Gasteiger charge is 2.38. The molecular weight excluding hydrogens is 354 g/mol. The standard InChI is InChI=1S/C19H24ClN3O3/c1-12-15(20)7-4-8-16(12)22-17(24)10-21-19(26)13-9-18(25)23(11-13)14-5-2-3-6-14/h4,7-8,13-14H,2-3,5-6,9-11H2,1H3,(H,21,26)(H,22,24). The molecule has 0 aromatic heterocycles. The third kappa shape index (κ3) is 4.18. The van der Waals surface area contributed by atoms with Crippen LogP contribution in [-0.2, 0) is 14.4 Å². The van der Waals surface area contributed by atoms with Gasteiger partial charge in [-0.15, -0.1) is 0 Å².